The van der Waals surface area contributed by atoms with Crippen LogP contribution in [0.2, 0.25) is 0 Å². The van der Waals surface area contributed by atoms with Gasteiger partial charge in [-0.2, -0.15) is 0 Å². The molecule has 12 nitrogen and oxygen atoms in total. The fraction of sp³-hybridized carbons (Fsp3) is 0.619. The zero-order chi connectivity index (χ0) is 25.1. The Hall–Kier alpha value is -3.28. The third kappa shape index (κ3) is 9.00. The zero-order valence-corrected chi connectivity index (χ0v) is 19.7. The van der Waals surface area contributed by atoms with Crippen molar-refractivity contribution in [3.05, 3.63) is 12.1 Å². The van der Waals surface area contributed by atoms with Gasteiger partial charge >= 0.3 is 5.97 Å². The fourth-order valence-corrected chi connectivity index (χ4v) is 3.03. The molecule has 6 N–H and O–H groups in total. The summed E-state index contributed by atoms with van der Waals surface area (Å²) >= 11 is 0. The quantitative estimate of drug-likeness (QED) is 0.219. The molecule has 0 saturated heterocycles. The highest BCUT2D eigenvalue weighted by molar-refractivity contribution is 5.92. The molecule has 0 spiro atoms. The maximum absolute atomic E-state index is 12.6. The molecule has 1 unspecified atom stereocenters. The number of nitrogens with one attached hydrogen (secondary N) is 4. The molecule has 33 heavy (non-hydrogen) atoms. The molecule has 0 aliphatic heterocycles. The van der Waals surface area contributed by atoms with Gasteiger partial charge < -0.3 is 36.3 Å². The monoisotopic (exact) mass is 469 g/mol. The Morgan fingerprint density at radius 1 is 1.00 bits per heavy atom. The molecule has 0 aromatic carbocycles. The third-order valence-corrected chi connectivity index (χ3v) is 4.99. The van der Waals surface area contributed by atoms with Gasteiger partial charge in [-0.25, -0.2) is 4.79 Å². The van der Waals surface area contributed by atoms with E-state index in [-0.39, 0.29) is 17.7 Å². The predicted octanol–water partition coefficient (Wildman–Crippen LogP) is -0.748. The molecule has 0 aliphatic carbocycles. The van der Waals surface area contributed by atoms with Crippen LogP contribution in [0.25, 0.3) is 0 Å². The van der Waals surface area contributed by atoms with E-state index in [0.717, 1.165) is 18.6 Å². The molecular weight excluding hydrogens is 434 g/mol. The van der Waals surface area contributed by atoms with Crippen molar-refractivity contribution >= 4 is 23.7 Å². The van der Waals surface area contributed by atoms with E-state index in [1.807, 2.05) is 27.7 Å². The van der Waals surface area contributed by atoms with Crippen LogP contribution in [0.5, 0.6) is 11.8 Å². The number of hydrogen-bond acceptors (Lipinski definition) is 8. The summed E-state index contributed by atoms with van der Waals surface area (Å²) in [5.41, 5.74) is 0. The summed E-state index contributed by atoms with van der Waals surface area (Å²) in [7, 11) is 1.68. The lowest BCUT2D eigenvalue weighted by atomic mass is 9.97. The molecule has 3 amide bonds. The van der Waals surface area contributed by atoms with Gasteiger partial charge in [0.05, 0.1) is 12.6 Å². The first-order valence-corrected chi connectivity index (χ1v) is 10.8. The molecule has 0 aliphatic rings. The number of hydrogen-bond donors (Lipinski definition) is 6. The first-order valence-electron chi connectivity index (χ1n) is 10.8. The van der Waals surface area contributed by atoms with E-state index in [4.69, 9.17) is 4.84 Å². The molecular formula is C21H35N5O7. The van der Waals surface area contributed by atoms with Crippen molar-refractivity contribution in [2.75, 3.05) is 20.1 Å². The van der Waals surface area contributed by atoms with Crippen molar-refractivity contribution in [1.82, 2.24) is 26.0 Å². The van der Waals surface area contributed by atoms with Crippen molar-refractivity contribution in [3.63, 3.8) is 0 Å². The summed E-state index contributed by atoms with van der Waals surface area (Å²) in [6, 6.07) is 0.955. The van der Waals surface area contributed by atoms with Crippen LogP contribution in [0.1, 0.15) is 40.5 Å². The molecule has 0 saturated carbocycles. The van der Waals surface area contributed by atoms with Gasteiger partial charge in [0.25, 0.3) is 0 Å². The average molecular weight is 470 g/mol. The molecule has 12 heteroatoms. The number of carbonyl (C=O) groups excluding carboxylic acids is 4. The number of aromatic hydroxyl groups is 2. The smallest absolute Gasteiger partial charge is 0.352 e. The van der Waals surface area contributed by atoms with Crippen LogP contribution >= 0.6 is 0 Å². The van der Waals surface area contributed by atoms with Crippen molar-refractivity contribution < 1.29 is 34.2 Å². The van der Waals surface area contributed by atoms with E-state index >= 15 is 0 Å². The summed E-state index contributed by atoms with van der Waals surface area (Å²) in [5, 5.41) is 29.3. The lowest BCUT2D eigenvalue weighted by molar-refractivity contribution is -0.145. The van der Waals surface area contributed by atoms with E-state index in [2.05, 4.69) is 21.3 Å². The van der Waals surface area contributed by atoms with Crippen LogP contribution in [0.15, 0.2) is 12.1 Å². The van der Waals surface area contributed by atoms with E-state index in [1.165, 1.54) is 0 Å². The summed E-state index contributed by atoms with van der Waals surface area (Å²) < 4.78 is 0.493. The SMILES string of the molecule is CCC(C)[C@H](NC)C(=O)N[C@@H](CC(C)C)C(=O)NCC(=O)NCC(=O)On1c(O)ccc1O. The Morgan fingerprint density at radius 2 is 1.61 bits per heavy atom. The summed E-state index contributed by atoms with van der Waals surface area (Å²) in [6.45, 7) is 6.75. The van der Waals surface area contributed by atoms with E-state index in [9.17, 15) is 29.4 Å². The molecule has 1 aromatic heterocycles. The summed E-state index contributed by atoms with van der Waals surface area (Å²) in [6.07, 6.45) is 1.17. The molecule has 3 atom stereocenters. The molecule has 186 valence electrons. The van der Waals surface area contributed by atoms with Crippen LogP contribution in [0.3, 0.4) is 0 Å². The molecule has 1 rings (SSSR count). The highest BCUT2D eigenvalue weighted by Crippen LogP contribution is 2.18. The average Bonchev–Trinajstić information content (AvgIpc) is 3.07. The van der Waals surface area contributed by atoms with Crippen LogP contribution in [0, 0.1) is 11.8 Å². The van der Waals surface area contributed by atoms with Crippen molar-refractivity contribution in [2.24, 2.45) is 11.8 Å². The minimum Gasteiger partial charge on any atom is -0.492 e. The van der Waals surface area contributed by atoms with Crippen LogP contribution in [-0.2, 0) is 19.2 Å². The molecule has 0 bridgehead atoms. The number of rotatable bonds is 13. The van der Waals surface area contributed by atoms with Gasteiger partial charge in [0.1, 0.15) is 12.6 Å². The second-order valence-electron chi connectivity index (χ2n) is 8.14. The van der Waals surface area contributed by atoms with Gasteiger partial charge in [-0.3, -0.25) is 14.4 Å². The lowest BCUT2D eigenvalue weighted by Crippen LogP contribution is -2.55. The van der Waals surface area contributed by atoms with Gasteiger partial charge in [-0.1, -0.05) is 34.1 Å². The Labute approximate surface area is 193 Å². The van der Waals surface area contributed by atoms with Gasteiger partial charge in [-0.05, 0) is 25.3 Å². The normalized spacial score (nSPS) is 13.6. The first kappa shape index (κ1) is 27.8. The topological polar surface area (TPSA) is 171 Å². The first-order chi connectivity index (χ1) is 15.5. The van der Waals surface area contributed by atoms with Crippen LogP contribution < -0.4 is 26.1 Å². The van der Waals surface area contributed by atoms with E-state index < -0.39 is 54.7 Å². The molecule has 0 fully saturated rings. The zero-order valence-electron chi connectivity index (χ0n) is 19.7. The minimum absolute atomic E-state index is 0.0682. The van der Waals surface area contributed by atoms with Crippen LogP contribution in [0.4, 0.5) is 0 Å². The summed E-state index contributed by atoms with van der Waals surface area (Å²) in [5.74, 6) is -3.24. The standard InChI is InChI=1S/C21H35N5O7/c1-6-13(4)19(22-5)21(32)25-14(9-12(2)3)20(31)24-10-15(27)23-11-18(30)33-26-16(28)7-8-17(26)29/h7-8,12-14,19,22,28-29H,6,9-11H2,1-5H3,(H,23,27)(H,24,31)(H,25,32)/t13?,14-,19-/m0/s1. The Kier molecular flexibility index (Phi) is 11.2. The highest BCUT2D eigenvalue weighted by atomic mass is 16.7. The maximum Gasteiger partial charge on any atom is 0.352 e. The van der Waals surface area contributed by atoms with E-state index in [1.54, 1.807) is 7.05 Å². The number of likely N-dealkylation sites (N-methyl/N-ethyl adjacent to an activating group) is 1. The second kappa shape index (κ2) is 13.3. The van der Waals surface area contributed by atoms with Gasteiger partial charge in [0, 0.05) is 12.1 Å². The fourth-order valence-electron chi connectivity index (χ4n) is 3.03. The summed E-state index contributed by atoms with van der Waals surface area (Å²) in [4.78, 5) is 53.7. The number of aromatic nitrogens is 1. The largest absolute Gasteiger partial charge is 0.492 e. The van der Waals surface area contributed by atoms with Gasteiger partial charge in [0.2, 0.25) is 29.5 Å². The van der Waals surface area contributed by atoms with Crippen molar-refractivity contribution in [2.45, 2.75) is 52.6 Å². The molecule has 1 aromatic rings. The molecule has 0 radical (unpaired) electrons. The highest BCUT2D eigenvalue weighted by Gasteiger charge is 2.28. The lowest BCUT2D eigenvalue weighted by Gasteiger charge is -2.26. The Balaban J connectivity index is 2.57. The minimum atomic E-state index is -0.954. The Bertz CT molecular complexity index is 804. The van der Waals surface area contributed by atoms with Gasteiger partial charge in [-0.15, -0.1) is 4.73 Å². The van der Waals surface area contributed by atoms with Crippen LogP contribution in [-0.4, -0.2) is 70.9 Å². The predicted molar refractivity (Wildman–Crippen MR) is 119 cm³/mol. The molecule has 1 heterocycles. The maximum atomic E-state index is 12.6. The van der Waals surface area contributed by atoms with Crippen molar-refractivity contribution in [1.29, 1.82) is 0 Å². The van der Waals surface area contributed by atoms with E-state index in [0.29, 0.717) is 11.2 Å². The van der Waals surface area contributed by atoms with Crippen molar-refractivity contribution in [3.8, 4) is 11.8 Å². The number of amides is 3. The number of carbonyl (C=O) groups is 4. The van der Waals surface area contributed by atoms with Gasteiger partial charge in [0.15, 0.2) is 0 Å². The Morgan fingerprint density at radius 3 is 2.12 bits per heavy atom. The number of nitrogens with zero attached hydrogens (tertiary/aromatic N) is 1. The second-order valence-corrected chi connectivity index (χ2v) is 8.14. The third-order valence-electron chi connectivity index (χ3n) is 4.99.